The van der Waals surface area contributed by atoms with E-state index in [4.69, 9.17) is 22.3 Å². The summed E-state index contributed by atoms with van der Waals surface area (Å²) in [6.45, 7) is 1.71. The van der Waals surface area contributed by atoms with E-state index >= 15 is 0 Å². The Hall–Kier alpha value is -11.8. The van der Waals surface area contributed by atoms with Crippen LogP contribution in [-0.4, -0.2) is 233 Å². The van der Waals surface area contributed by atoms with Crippen LogP contribution in [0.2, 0.25) is 0 Å². The van der Waals surface area contributed by atoms with E-state index in [9.17, 15) is 107 Å². The monoisotopic (exact) mass is 1420 g/mol. The zero-order valence-electron chi connectivity index (χ0n) is 55.0. The molecule has 1 heterocycles. The average Bonchev–Trinajstić information content (AvgIpc) is 1.18. The smallest absolute Gasteiger partial charge is 0.326 e. The molecule has 0 aliphatic carbocycles. The molecule has 0 fully saturated rings. The van der Waals surface area contributed by atoms with Gasteiger partial charge in [0.2, 0.25) is 65.0 Å². The van der Waals surface area contributed by atoms with Gasteiger partial charge in [0.15, 0.2) is 5.96 Å². The summed E-state index contributed by atoms with van der Waals surface area (Å²) >= 11 is 0. The zero-order chi connectivity index (χ0) is 75.6. The van der Waals surface area contributed by atoms with Gasteiger partial charge in [-0.1, -0.05) is 56.3 Å². The van der Waals surface area contributed by atoms with Crippen molar-refractivity contribution in [2.24, 2.45) is 28.1 Å². The molecule has 40 heteroatoms. The van der Waals surface area contributed by atoms with Crippen molar-refractivity contribution in [1.82, 2.24) is 68.5 Å². The number of carbonyl (C=O) groups excluding carboxylic acids is 11. The van der Waals surface area contributed by atoms with Gasteiger partial charge >= 0.3 is 29.8 Å². The summed E-state index contributed by atoms with van der Waals surface area (Å²) in [7, 11) is 0. The number of aliphatic hydroxyl groups excluding tert-OH is 1. The number of aromatic amines is 1. The number of hydrogen-bond acceptors (Lipinski definition) is 21. The molecule has 1 aromatic heterocycles. The fourth-order valence-electron chi connectivity index (χ4n) is 9.29. The summed E-state index contributed by atoms with van der Waals surface area (Å²) in [6, 6.07) is -5.70. The Labute approximate surface area is 575 Å². The second-order valence-electron chi connectivity index (χ2n) is 23.2. The van der Waals surface area contributed by atoms with Crippen molar-refractivity contribution in [3.63, 3.8) is 0 Å². The number of rotatable bonds is 45. The molecule has 0 aliphatic rings. The first kappa shape index (κ1) is 83.4. The molecule has 101 heavy (non-hydrogen) atoms. The lowest BCUT2D eigenvalue weighted by molar-refractivity contribution is -0.144. The lowest BCUT2D eigenvalue weighted by Crippen LogP contribution is -2.61. The van der Waals surface area contributed by atoms with E-state index in [1.54, 1.807) is 30.3 Å². The number of hydrogen-bond donors (Lipinski definition) is 22. The van der Waals surface area contributed by atoms with Crippen LogP contribution >= 0.6 is 0 Å². The molecule has 40 nitrogen and oxygen atoms in total. The number of aromatic hydroxyl groups is 1. The van der Waals surface area contributed by atoms with Crippen molar-refractivity contribution < 1.29 is 112 Å². The minimum Gasteiger partial charge on any atom is -0.508 e. The zero-order valence-corrected chi connectivity index (χ0v) is 55.0. The molecule has 3 rings (SSSR count). The minimum atomic E-state index is -2.13. The van der Waals surface area contributed by atoms with Crippen LogP contribution in [0, 0.1) is 5.92 Å². The molecule has 0 radical (unpaired) electrons. The Balaban J connectivity index is 1.92. The van der Waals surface area contributed by atoms with Crippen molar-refractivity contribution in [1.29, 1.82) is 0 Å². The summed E-state index contributed by atoms with van der Waals surface area (Å²) < 4.78 is 0. The summed E-state index contributed by atoms with van der Waals surface area (Å²) in [5.41, 5.74) is 17.5. The van der Waals surface area contributed by atoms with Crippen molar-refractivity contribution >= 4 is 101 Å². The number of imidazole rings is 1. The molecule has 0 spiro atoms. The van der Waals surface area contributed by atoms with Crippen molar-refractivity contribution in [3.8, 4) is 5.75 Å². The number of benzene rings is 2. The summed E-state index contributed by atoms with van der Waals surface area (Å²) in [5, 5.41) is 92.9. The van der Waals surface area contributed by atoms with E-state index in [-0.39, 0.29) is 49.6 Å². The van der Waals surface area contributed by atoms with Crippen LogP contribution in [0.25, 0.3) is 0 Å². The van der Waals surface area contributed by atoms with Crippen LogP contribution in [0.5, 0.6) is 5.75 Å². The molecule has 25 N–H and O–H groups in total. The highest BCUT2D eigenvalue weighted by molar-refractivity contribution is 6.00. The Bertz CT molecular complexity index is 3430. The van der Waals surface area contributed by atoms with Gasteiger partial charge in [0.1, 0.15) is 66.2 Å². The standard InChI is InChI=1S/C61H85N17O23/c1-29(2)49(60(100)101)78-55(95)38(16-18-46(84)85)73-56(96)39(21-32-11-13-34(80)14-12-32)70-44(81)26-67-52(92)43(27-79)77-59(99)42(24-48(88)89)76-58(98)41(22-33-25-65-28-68-33)75-53(93)36(10-7-19-66-61(63)64)72-57(97)40(20-31-8-5-4-6-9-31)74-54(94)37(15-17-45(82)83)71-50(90)30(3)69-51(91)35(62)23-47(86)87/h4-6,8-9,11-14,25,28-30,35-43,49,79-80H,7,10,15-24,26-27,62H2,1-3H3,(H,65,68)(H,67,92)(H,69,91)(H,70,81)(H,71,90)(H,72,97)(H,73,96)(H,74,94)(H,75,93)(H,76,98)(H,77,99)(H,78,95)(H,82,83)(H,84,85)(H,86,87)(H,88,89)(H,100,101)(H4,63,64,66)/t30-,35-,36-,37-,38-,39-,40-,41-,42-,43-,49-/m0/s1. The van der Waals surface area contributed by atoms with Crippen LogP contribution in [-0.2, 0) is 96.0 Å². The van der Waals surface area contributed by atoms with Crippen LogP contribution in [0.1, 0.15) is 89.0 Å². The van der Waals surface area contributed by atoms with Gasteiger partial charge in [0.05, 0.1) is 38.4 Å². The normalized spacial score (nSPS) is 14.2. The lowest BCUT2D eigenvalue weighted by atomic mass is 10.0. The molecule has 0 saturated carbocycles. The molecule has 0 saturated heterocycles. The van der Waals surface area contributed by atoms with Crippen molar-refractivity contribution in [3.05, 3.63) is 83.9 Å². The quantitative estimate of drug-likeness (QED) is 0.0142. The minimum absolute atomic E-state index is 0.0659. The van der Waals surface area contributed by atoms with Gasteiger partial charge in [-0.3, -0.25) is 76.9 Å². The van der Waals surface area contributed by atoms with Crippen LogP contribution in [0.3, 0.4) is 0 Å². The highest BCUT2D eigenvalue weighted by atomic mass is 16.4. The number of aromatic nitrogens is 2. The Kier molecular flexibility index (Phi) is 34.7. The fraction of sp³-hybridized carbons (Fsp3) is 0.475. The number of carboxylic acids is 5. The number of phenolic OH excluding ortho intramolecular Hbond substituents is 1. The van der Waals surface area contributed by atoms with E-state index in [1.807, 2.05) is 0 Å². The summed E-state index contributed by atoms with van der Waals surface area (Å²) in [4.78, 5) is 221. The number of carbonyl (C=O) groups is 16. The molecule has 3 aromatic rings. The first-order valence-electron chi connectivity index (χ1n) is 31.2. The second kappa shape index (κ2) is 42.1. The van der Waals surface area contributed by atoms with Gasteiger partial charge in [0, 0.05) is 50.5 Å². The summed E-state index contributed by atoms with van der Waals surface area (Å²) in [5.74, 6) is -21.4. The molecule has 0 bridgehead atoms. The second-order valence-corrected chi connectivity index (χ2v) is 23.2. The predicted octanol–water partition coefficient (Wildman–Crippen LogP) is -7.08. The Morgan fingerprint density at radius 2 is 0.950 bits per heavy atom. The number of aliphatic hydroxyl groups is 1. The number of carboxylic acid groups (broad SMARTS) is 5. The van der Waals surface area contributed by atoms with Crippen LogP contribution < -0.4 is 75.7 Å². The highest BCUT2D eigenvalue weighted by Crippen LogP contribution is 2.14. The van der Waals surface area contributed by atoms with Gasteiger partial charge in [-0.2, -0.15) is 0 Å². The molecule has 2 aromatic carbocycles. The van der Waals surface area contributed by atoms with E-state index < -0.39 is 225 Å². The van der Waals surface area contributed by atoms with Crippen molar-refractivity contribution in [2.75, 3.05) is 19.7 Å². The van der Waals surface area contributed by atoms with Crippen LogP contribution in [0.4, 0.5) is 0 Å². The Morgan fingerprint density at radius 1 is 0.495 bits per heavy atom. The predicted molar refractivity (Wildman–Crippen MR) is 348 cm³/mol. The lowest BCUT2D eigenvalue weighted by Gasteiger charge is -2.27. The molecule has 0 unspecified atom stereocenters. The van der Waals surface area contributed by atoms with E-state index in [0.717, 1.165) is 6.92 Å². The largest absolute Gasteiger partial charge is 0.508 e. The van der Waals surface area contributed by atoms with Gasteiger partial charge in [-0.25, -0.2) is 9.78 Å². The fourth-order valence-corrected chi connectivity index (χ4v) is 9.29. The van der Waals surface area contributed by atoms with E-state index in [2.05, 4.69) is 73.4 Å². The maximum Gasteiger partial charge on any atom is 0.326 e. The SMILES string of the molecule is CC(C)[C@H](NC(=O)[C@H](CCC(=O)O)NC(=O)[C@H](Cc1ccc(O)cc1)NC(=O)CNC(=O)[C@H](CO)NC(=O)[C@H](CC(=O)O)NC(=O)[C@H](Cc1cnc[nH]1)NC(=O)[C@H](CCCN=C(N)N)NC(=O)[C@H](Cc1ccccc1)NC(=O)[C@H](CCC(=O)O)NC(=O)[C@H](C)NC(=O)[C@@H](N)CC(=O)O)C(=O)O. The summed E-state index contributed by atoms with van der Waals surface area (Å²) in [6.07, 6.45) is -3.72. The number of nitrogens with zero attached hydrogens (tertiary/aromatic N) is 2. The average molecular weight is 1420 g/mol. The third-order valence-electron chi connectivity index (χ3n) is 14.7. The molecular formula is C61H85N17O23. The maximum absolute atomic E-state index is 14.6. The topological polar surface area (TPSA) is 666 Å². The number of aliphatic carboxylic acids is 5. The molecule has 11 amide bonds. The third kappa shape index (κ3) is 31.1. The number of H-pyrrole nitrogens is 1. The van der Waals surface area contributed by atoms with Crippen LogP contribution in [0.15, 0.2) is 72.1 Å². The van der Waals surface area contributed by atoms with E-state index in [0.29, 0.717) is 11.1 Å². The molecule has 11 atom stereocenters. The number of nitrogens with two attached hydrogens (primary N) is 3. The molecule has 552 valence electrons. The number of phenols is 1. The first-order chi connectivity index (χ1) is 47.6. The number of guanidine groups is 1. The maximum atomic E-state index is 14.6. The van der Waals surface area contributed by atoms with Gasteiger partial charge in [-0.15, -0.1) is 0 Å². The first-order valence-corrected chi connectivity index (χ1v) is 31.2. The van der Waals surface area contributed by atoms with Gasteiger partial charge < -0.3 is 116 Å². The van der Waals surface area contributed by atoms with E-state index in [1.165, 1.54) is 50.6 Å². The molecule has 0 aliphatic heterocycles. The van der Waals surface area contributed by atoms with Gasteiger partial charge in [-0.05, 0) is 61.8 Å². The van der Waals surface area contributed by atoms with Crippen molar-refractivity contribution in [2.45, 2.75) is 158 Å². The number of nitrogens with one attached hydrogen (secondary N) is 12. The molecular weight excluding hydrogens is 1340 g/mol. The number of amides is 11. The Morgan fingerprint density at radius 3 is 1.44 bits per heavy atom. The third-order valence-corrected chi connectivity index (χ3v) is 14.7. The van der Waals surface area contributed by atoms with Gasteiger partial charge in [0.25, 0.3) is 0 Å². The highest BCUT2D eigenvalue weighted by Gasteiger charge is 2.37. The number of aliphatic imine (C=N–C) groups is 1.